The number of amides is 1. The average molecular weight is 263 g/mol. The molecule has 1 aliphatic rings. The molecule has 102 valence electrons. The van der Waals surface area contributed by atoms with E-state index >= 15 is 0 Å². The van der Waals surface area contributed by atoms with Gasteiger partial charge < -0.3 is 14.8 Å². The van der Waals surface area contributed by atoms with E-state index in [0.717, 1.165) is 12.8 Å². The largest absolute Gasteiger partial charge is 0.465 e. The molecule has 1 amide bonds. The lowest BCUT2D eigenvalue weighted by Gasteiger charge is -2.12. The molecule has 0 aliphatic carbocycles. The molecule has 1 aromatic rings. The Hall–Kier alpha value is -1.88. The highest BCUT2D eigenvalue weighted by molar-refractivity contribution is 5.96. The van der Waals surface area contributed by atoms with Gasteiger partial charge in [-0.05, 0) is 38.0 Å². The van der Waals surface area contributed by atoms with Gasteiger partial charge in [0, 0.05) is 5.69 Å². The number of methoxy groups -OCH3 is 1. The molecule has 2 rings (SSSR count). The zero-order chi connectivity index (χ0) is 13.8. The fourth-order valence-corrected chi connectivity index (χ4v) is 2.06. The minimum Gasteiger partial charge on any atom is -0.465 e. The summed E-state index contributed by atoms with van der Waals surface area (Å²) in [6.07, 6.45) is 1.33. The number of benzene rings is 1. The standard InChI is InChI=1S/C14H17NO4/c1-9-6-7-12(19-9)13(16)15-11-5-3-4-10(8-11)14(17)18-2/h3-5,8-9,12H,6-7H2,1-2H3,(H,15,16). The highest BCUT2D eigenvalue weighted by Gasteiger charge is 2.28. The maximum absolute atomic E-state index is 12.0. The SMILES string of the molecule is COC(=O)c1cccc(NC(=O)C2CCC(C)O2)c1. The summed E-state index contributed by atoms with van der Waals surface area (Å²) < 4.78 is 10.1. The van der Waals surface area contributed by atoms with Gasteiger partial charge in [0.15, 0.2) is 0 Å². The van der Waals surface area contributed by atoms with Gasteiger partial charge in [0.1, 0.15) is 6.10 Å². The first-order valence-electron chi connectivity index (χ1n) is 6.25. The van der Waals surface area contributed by atoms with E-state index in [1.54, 1.807) is 24.3 Å². The van der Waals surface area contributed by atoms with Gasteiger partial charge in [-0.3, -0.25) is 4.79 Å². The molecule has 1 N–H and O–H groups in total. The van der Waals surface area contributed by atoms with Crippen molar-refractivity contribution in [2.75, 3.05) is 12.4 Å². The van der Waals surface area contributed by atoms with Crippen molar-refractivity contribution >= 4 is 17.6 Å². The molecule has 0 radical (unpaired) electrons. The molecule has 1 saturated heterocycles. The van der Waals surface area contributed by atoms with Gasteiger partial charge >= 0.3 is 5.97 Å². The van der Waals surface area contributed by atoms with E-state index in [-0.39, 0.29) is 12.0 Å². The van der Waals surface area contributed by atoms with Crippen molar-refractivity contribution in [2.24, 2.45) is 0 Å². The van der Waals surface area contributed by atoms with Gasteiger partial charge in [-0.25, -0.2) is 4.79 Å². The van der Waals surface area contributed by atoms with Gasteiger partial charge in [-0.1, -0.05) is 6.07 Å². The van der Waals surface area contributed by atoms with Crippen LogP contribution in [0.3, 0.4) is 0 Å². The highest BCUT2D eigenvalue weighted by Crippen LogP contribution is 2.21. The van der Waals surface area contributed by atoms with Crippen LogP contribution in [0.25, 0.3) is 0 Å². The van der Waals surface area contributed by atoms with Crippen molar-refractivity contribution in [1.29, 1.82) is 0 Å². The smallest absolute Gasteiger partial charge is 0.337 e. The van der Waals surface area contributed by atoms with Crippen LogP contribution in [0.4, 0.5) is 5.69 Å². The molecule has 1 fully saturated rings. The Labute approximate surface area is 111 Å². The zero-order valence-corrected chi connectivity index (χ0v) is 11.0. The molecule has 2 unspecified atom stereocenters. The number of hydrogen-bond donors (Lipinski definition) is 1. The number of nitrogens with one attached hydrogen (secondary N) is 1. The second-order valence-electron chi connectivity index (χ2n) is 4.57. The molecule has 0 saturated carbocycles. The summed E-state index contributed by atoms with van der Waals surface area (Å²) in [5.74, 6) is -0.604. The predicted molar refractivity (Wildman–Crippen MR) is 70.0 cm³/mol. The summed E-state index contributed by atoms with van der Waals surface area (Å²) in [6.45, 7) is 1.95. The van der Waals surface area contributed by atoms with Crippen LogP contribution in [-0.4, -0.2) is 31.2 Å². The highest BCUT2D eigenvalue weighted by atomic mass is 16.5. The summed E-state index contributed by atoms with van der Waals surface area (Å²) in [5, 5.41) is 2.75. The van der Waals surface area contributed by atoms with Crippen molar-refractivity contribution in [3.05, 3.63) is 29.8 Å². The second kappa shape index (κ2) is 5.84. The Morgan fingerprint density at radius 1 is 1.37 bits per heavy atom. The Morgan fingerprint density at radius 2 is 2.16 bits per heavy atom. The van der Waals surface area contributed by atoms with Gasteiger partial charge in [0.2, 0.25) is 0 Å². The Morgan fingerprint density at radius 3 is 2.79 bits per heavy atom. The molecular weight excluding hydrogens is 246 g/mol. The number of anilines is 1. The maximum atomic E-state index is 12.0. The third kappa shape index (κ3) is 3.32. The molecule has 2 atom stereocenters. The van der Waals surface area contributed by atoms with E-state index in [2.05, 4.69) is 10.1 Å². The molecule has 0 spiro atoms. The van der Waals surface area contributed by atoms with Gasteiger partial charge in [0.05, 0.1) is 18.8 Å². The van der Waals surface area contributed by atoms with E-state index in [4.69, 9.17) is 4.74 Å². The molecule has 1 aliphatic heterocycles. The lowest BCUT2D eigenvalue weighted by Crippen LogP contribution is -2.27. The fourth-order valence-electron chi connectivity index (χ4n) is 2.06. The van der Waals surface area contributed by atoms with Crippen LogP contribution in [0, 0.1) is 0 Å². The number of rotatable bonds is 3. The van der Waals surface area contributed by atoms with Crippen LogP contribution in [0.15, 0.2) is 24.3 Å². The van der Waals surface area contributed by atoms with E-state index in [0.29, 0.717) is 11.3 Å². The first kappa shape index (κ1) is 13.5. The molecule has 5 nitrogen and oxygen atoms in total. The number of hydrogen-bond acceptors (Lipinski definition) is 4. The Bertz CT molecular complexity index is 486. The van der Waals surface area contributed by atoms with Crippen molar-refractivity contribution in [2.45, 2.75) is 32.0 Å². The third-order valence-corrected chi connectivity index (χ3v) is 3.08. The minimum atomic E-state index is -0.429. The van der Waals surface area contributed by atoms with Crippen molar-refractivity contribution in [1.82, 2.24) is 0 Å². The first-order chi connectivity index (χ1) is 9.10. The summed E-state index contributed by atoms with van der Waals surface area (Å²) >= 11 is 0. The van der Waals surface area contributed by atoms with E-state index < -0.39 is 12.1 Å². The average Bonchev–Trinajstić information content (AvgIpc) is 2.85. The third-order valence-electron chi connectivity index (χ3n) is 3.08. The molecule has 0 bridgehead atoms. The van der Waals surface area contributed by atoms with Crippen LogP contribution in [0.1, 0.15) is 30.1 Å². The second-order valence-corrected chi connectivity index (χ2v) is 4.57. The van der Waals surface area contributed by atoms with Gasteiger partial charge in [0.25, 0.3) is 5.91 Å². The molecular formula is C14H17NO4. The van der Waals surface area contributed by atoms with Crippen LogP contribution in [0.2, 0.25) is 0 Å². The van der Waals surface area contributed by atoms with E-state index in [1.807, 2.05) is 6.92 Å². The summed E-state index contributed by atoms with van der Waals surface area (Å²) in [7, 11) is 1.32. The lowest BCUT2D eigenvalue weighted by atomic mass is 10.1. The molecule has 0 aromatic heterocycles. The van der Waals surface area contributed by atoms with Crippen molar-refractivity contribution < 1.29 is 19.1 Å². The lowest BCUT2D eigenvalue weighted by molar-refractivity contribution is -0.126. The topological polar surface area (TPSA) is 64.6 Å². The Balaban J connectivity index is 2.03. The van der Waals surface area contributed by atoms with Crippen LogP contribution in [-0.2, 0) is 14.3 Å². The number of esters is 1. The van der Waals surface area contributed by atoms with Crippen LogP contribution >= 0.6 is 0 Å². The summed E-state index contributed by atoms with van der Waals surface area (Å²) in [4.78, 5) is 23.3. The number of ether oxygens (including phenoxy) is 2. The molecule has 1 heterocycles. The molecule has 5 heteroatoms. The fraction of sp³-hybridized carbons (Fsp3) is 0.429. The van der Waals surface area contributed by atoms with Crippen molar-refractivity contribution in [3.8, 4) is 0 Å². The number of carbonyl (C=O) groups is 2. The molecule has 19 heavy (non-hydrogen) atoms. The molecule has 1 aromatic carbocycles. The first-order valence-corrected chi connectivity index (χ1v) is 6.25. The van der Waals surface area contributed by atoms with E-state index in [9.17, 15) is 9.59 Å². The normalized spacial score (nSPS) is 22.0. The Kier molecular flexibility index (Phi) is 4.16. The minimum absolute atomic E-state index is 0.122. The predicted octanol–water partition coefficient (Wildman–Crippen LogP) is 1.98. The van der Waals surface area contributed by atoms with Gasteiger partial charge in [-0.15, -0.1) is 0 Å². The monoisotopic (exact) mass is 263 g/mol. The van der Waals surface area contributed by atoms with Crippen molar-refractivity contribution in [3.63, 3.8) is 0 Å². The summed E-state index contributed by atoms with van der Waals surface area (Å²) in [5.41, 5.74) is 0.970. The summed E-state index contributed by atoms with van der Waals surface area (Å²) in [6, 6.07) is 6.64. The van der Waals surface area contributed by atoms with Gasteiger partial charge in [-0.2, -0.15) is 0 Å². The van der Waals surface area contributed by atoms with Crippen LogP contribution < -0.4 is 5.32 Å². The van der Waals surface area contributed by atoms with E-state index in [1.165, 1.54) is 7.11 Å². The number of carbonyl (C=O) groups excluding carboxylic acids is 2. The zero-order valence-electron chi connectivity index (χ0n) is 11.0. The quantitative estimate of drug-likeness (QED) is 0.847. The van der Waals surface area contributed by atoms with Crippen LogP contribution in [0.5, 0.6) is 0 Å². The maximum Gasteiger partial charge on any atom is 0.337 e.